The van der Waals surface area contributed by atoms with Gasteiger partial charge in [-0.1, -0.05) is 6.92 Å². The standard InChI is InChI=1S/C13H18N4S/c1-5-11-6-15-13(18-11)10(4)17-12-7-14-8(2)9(3)16-12/h6-7,10H,5H2,1-4H3,(H,16,17). The van der Waals surface area contributed by atoms with Gasteiger partial charge in [-0.3, -0.25) is 4.98 Å². The van der Waals surface area contributed by atoms with Gasteiger partial charge in [0.25, 0.3) is 0 Å². The minimum Gasteiger partial charge on any atom is -0.360 e. The van der Waals surface area contributed by atoms with Crippen LogP contribution in [-0.2, 0) is 6.42 Å². The zero-order valence-electron chi connectivity index (χ0n) is 11.2. The first-order chi connectivity index (χ1) is 8.60. The highest BCUT2D eigenvalue weighted by molar-refractivity contribution is 7.11. The van der Waals surface area contributed by atoms with Crippen LogP contribution < -0.4 is 5.32 Å². The van der Waals surface area contributed by atoms with Crippen molar-refractivity contribution in [3.63, 3.8) is 0 Å². The van der Waals surface area contributed by atoms with Crippen molar-refractivity contribution in [1.82, 2.24) is 15.0 Å². The second-order valence-corrected chi connectivity index (χ2v) is 5.46. The van der Waals surface area contributed by atoms with Crippen molar-refractivity contribution < 1.29 is 0 Å². The summed E-state index contributed by atoms with van der Waals surface area (Å²) in [5.74, 6) is 0.804. The summed E-state index contributed by atoms with van der Waals surface area (Å²) in [5, 5.41) is 4.43. The lowest BCUT2D eigenvalue weighted by atomic mass is 10.3. The SMILES string of the molecule is CCc1cnc(C(C)Nc2cnc(C)c(C)n2)s1. The van der Waals surface area contributed by atoms with E-state index >= 15 is 0 Å². The summed E-state index contributed by atoms with van der Waals surface area (Å²) in [5.41, 5.74) is 1.93. The predicted molar refractivity (Wildman–Crippen MR) is 75.0 cm³/mol. The first-order valence-corrected chi connectivity index (χ1v) is 6.93. The lowest BCUT2D eigenvalue weighted by Gasteiger charge is -2.12. The fourth-order valence-corrected chi connectivity index (χ4v) is 2.44. The van der Waals surface area contributed by atoms with Crippen molar-refractivity contribution in [3.8, 4) is 0 Å². The van der Waals surface area contributed by atoms with Gasteiger partial charge in [-0.05, 0) is 27.2 Å². The molecule has 18 heavy (non-hydrogen) atoms. The number of hydrogen-bond donors (Lipinski definition) is 1. The molecule has 0 amide bonds. The number of aromatic nitrogens is 3. The van der Waals surface area contributed by atoms with Gasteiger partial charge in [0.05, 0.1) is 23.6 Å². The van der Waals surface area contributed by atoms with Crippen molar-refractivity contribution in [2.75, 3.05) is 5.32 Å². The first-order valence-electron chi connectivity index (χ1n) is 6.11. The van der Waals surface area contributed by atoms with Crippen molar-refractivity contribution in [3.05, 3.63) is 33.7 Å². The van der Waals surface area contributed by atoms with Crippen LogP contribution in [0.2, 0.25) is 0 Å². The summed E-state index contributed by atoms with van der Waals surface area (Å²) >= 11 is 1.75. The maximum absolute atomic E-state index is 4.47. The lowest BCUT2D eigenvalue weighted by Crippen LogP contribution is -2.08. The molecular weight excluding hydrogens is 244 g/mol. The quantitative estimate of drug-likeness (QED) is 0.918. The molecule has 0 saturated carbocycles. The molecule has 1 N–H and O–H groups in total. The van der Waals surface area contributed by atoms with Crippen LogP contribution in [0.5, 0.6) is 0 Å². The molecule has 96 valence electrons. The van der Waals surface area contributed by atoms with Crippen molar-refractivity contribution >= 4 is 17.2 Å². The number of rotatable bonds is 4. The van der Waals surface area contributed by atoms with Crippen LogP contribution in [0.15, 0.2) is 12.4 Å². The molecule has 2 aromatic rings. The maximum atomic E-state index is 4.47. The third kappa shape index (κ3) is 2.85. The van der Waals surface area contributed by atoms with Gasteiger partial charge in [0.1, 0.15) is 10.8 Å². The molecule has 0 aliphatic carbocycles. The number of nitrogens with zero attached hydrogens (tertiary/aromatic N) is 3. The number of anilines is 1. The molecule has 4 nitrogen and oxygen atoms in total. The molecule has 0 fully saturated rings. The van der Waals surface area contributed by atoms with E-state index in [2.05, 4.69) is 34.1 Å². The monoisotopic (exact) mass is 262 g/mol. The van der Waals surface area contributed by atoms with Crippen LogP contribution in [0, 0.1) is 13.8 Å². The molecule has 0 spiro atoms. The molecule has 0 saturated heterocycles. The average Bonchev–Trinajstić information content (AvgIpc) is 2.82. The molecule has 2 heterocycles. The highest BCUT2D eigenvalue weighted by Gasteiger charge is 2.11. The Morgan fingerprint density at radius 1 is 1.22 bits per heavy atom. The summed E-state index contributed by atoms with van der Waals surface area (Å²) < 4.78 is 0. The van der Waals surface area contributed by atoms with Crippen LogP contribution in [0.4, 0.5) is 5.82 Å². The number of nitrogens with one attached hydrogen (secondary N) is 1. The third-order valence-electron chi connectivity index (χ3n) is 2.85. The number of thiazole rings is 1. The average molecular weight is 262 g/mol. The molecule has 0 aliphatic heterocycles. The van der Waals surface area contributed by atoms with Gasteiger partial charge in [-0.2, -0.15) is 0 Å². The largest absolute Gasteiger partial charge is 0.360 e. The Morgan fingerprint density at radius 3 is 2.61 bits per heavy atom. The Kier molecular flexibility index (Phi) is 3.91. The van der Waals surface area contributed by atoms with Gasteiger partial charge in [0, 0.05) is 11.1 Å². The van der Waals surface area contributed by atoms with E-state index in [9.17, 15) is 0 Å². The summed E-state index contributed by atoms with van der Waals surface area (Å²) in [6, 6.07) is 0.159. The van der Waals surface area contributed by atoms with Crippen molar-refractivity contribution in [2.24, 2.45) is 0 Å². The molecule has 0 bridgehead atoms. The summed E-state index contributed by atoms with van der Waals surface area (Å²) in [6.07, 6.45) is 4.76. The molecule has 2 aromatic heterocycles. The van der Waals surface area contributed by atoms with Crippen LogP contribution in [-0.4, -0.2) is 15.0 Å². The van der Waals surface area contributed by atoms with E-state index in [0.717, 1.165) is 28.6 Å². The van der Waals surface area contributed by atoms with E-state index < -0.39 is 0 Å². The van der Waals surface area contributed by atoms with Gasteiger partial charge in [-0.15, -0.1) is 11.3 Å². The second-order valence-electron chi connectivity index (χ2n) is 4.31. The Bertz CT molecular complexity index is 536. The third-order valence-corrected chi connectivity index (χ3v) is 4.17. The van der Waals surface area contributed by atoms with E-state index in [1.807, 2.05) is 20.0 Å². The first kappa shape index (κ1) is 13.0. The van der Waals surface area contributed by atoms with Crippen LogP contribution >= 0.6 is 11.3 Å². The van der Waals surface area contributed by atoms with Gasteiger partial charge >= 0.3 is 0 Å². The van der Waals surface area contributed by atoms with Crippen LogP contribution in [0.25, 0.3) is 0 Å². The Labute approximate surface area is 112 Å². The molecule has 1 unspecified atom stereocenters. The summed E-state index contributed by atoms with van der Waals surface area (Å²) in [6.45, 7) is 8.17. The Balaban J connectivity index is 2.10. The van der Waals surface area contributed by atoms with Gasteiger partial charge < -0.3 is 5.32 Å². The number of hydrogen-bond acceptors (Lipinski definition) is 5. The molecule has 2 rings (SSSR count). The Hall–Kier alpha value is -1.49. The van der Waals surface area contributed by atoms with Gasteiger partial charge in [0.15, 0.2) is 0 Å². The van der Waals surface area contributed by atoms with Gasteiger partial charge in [-0.25, -0.2) is 9.97 Å². The predicted octanol–water partition coefficient (Wildman–Crippen LogP) is 3.29. The van der Waals surface area contributed by atoms with E-state index in [4.69, 9.17) is 0 Å². The molecule has 0 aliphatic rings. The number of aryl methyl sites for hydroxylation is 3. The van der Waals surface area contributed by atoms with E-state index in [1.165, 1.54) is 4.88 Å². The molecule has 0 radical (unpaired) electrons. The van der Waals surface area contributed by atoms with Crippen LogP contribution in [0.1, 0.15) is 41.2 Å². The lowest BCUT2D eigenvalue weighted by molar-refractivity contribution is 0.852. The zero-order valence-corrected chi connectivity index (χ0v) is 12.0. The Morgan fingerprint density at radius 2 is 2.00 bits per heavy atom. The van der Waals surface area contributed by atoms with Crippen molar-refractivity contribution in [2.45, 2.75) is 40.2 Å². The molecule has 5 heteroatoms. The normalized spacial score (nSPS) is 12.4. The highest BCUT2D eigenvalue weighted by atomic mass is 32.1. The summed E-state index contributed by atoms with van der Waals surface area (Å²) in [7, 11) is 0. The maximum Gasteiger partial charge on any atom is 0.145 e. The summed E-state index contributed by atoms with van der Waals surface area (Å²) in [4.78, 5) is 14.5. The fraction of sp³-hybridized carbons (Fsp3) is 0.462. The topological polar surface area (TPSA) is 50.7 Å². The molecule has 0 aromatic carbocycles. The van der Waals surface area contributed by atoms with E-state index in [1.54, 1.807) is 17.5 Å². The minimum atomic E-state index is 0.159. The van der Waals surface area contributed by atoms with Crippen LogP contribution in [0.3, 0.4) is 0 Å². The molecule has 1 atom stereocenters. The molecular formula is C13H18N4S. The zero-order chi connectivity index (χ0) is 13.1. The van der Waals surface area contributed by atoms with E-state index in [-0.39, 0.29) is 6.04 Å². The fourth-order valence-electron chi connectivity index (χ4n) is 1.58. The van der Waals surface area contributed by atoms with E-state index in [0.29, 0.717) is 0 Å². The highest BCUT2D eigenvalue weighted by Crippen LogP contribution is 2.23. The van der Waals surface area contributed by atoms with Gasteiger partial charge in [0.2, 0.25) is 0 Å². The smallest absolute Gasteiger partial charge is 0.145 e. The minimum absolute atomic E-state index is 0.159. The van der Waals surface area contributed by atoms with Crippen molar-refractivity contribution in [1.29, 1.82) is 0 Å². The second kappa shape index (κ2) is 5.44.